The zero-order chi connectivity index (χ0) is 14.5. The van der Waals surface area contributed by atoms with Crippen molar-refractivity contribution in [1.29, 1.82) is 0 Å². The topological polar surface area (TPSA) is 33.6 Å². The van der Waals surface area contributed by atoms with Gasteiger partial charge in [0.25, 0.3) is 0 Å². The first-order valence-electron chi connectivity index (χ1n) is 5.88. The zero-order valence-electron chi connectivity index (χ0n) is 10.6. The Hall–Kier alpha value is -0.750. The smallest absolute Gasteiger partial charge is 0.195 e. The van der Waals surface area contributed by atoms with Crippen LogP contribution in [0.4, 0.5) is 0 Å². The maximum absolute atomic E-state index is 5.99. The molecule has 20 heavy (non-hydrogen) atoms. The fraction of sp³-hybridized carbons (Fsp3) is 0.231. The molecule has 0 amide bonds. The number of allylic oxidation sites excluding steroid dienone is 1. The minimum Gasteiger partial charge on any atom is -0.300 e. The van der Waals surface area contributed by atoms with Crippen LogP contribution in [0.1, 0.15) is 11.4 Å². The van der Waals surface area contributed by atoms with Crippen LogP contribution in [-0.2, 0) is 18.1 Å². The van der Waals surface area contributed by atoms with E-state index in [0.717, 1.165) is 22.9 Å². The fourth-order valence-corrected chi connectivity index (χ4v) is 3.13. The Balaban J connectivity index is 1.97. The lowest BCUT2D eigenvalue weighted by atomic mass is 10.2. The van der Waals surface area contributed by atoms with E-state index in [4.69, 9.17) is 35.4 Å². The average molecular weight is 346 g/mol. The highest BCUT2D eigenvalue weighted by atomic mass is 35.5. The van der Waals surface area contributed by atoms with E-state index in [1.807, 2.05) is 22.8 Å². The van der Waals surface area contributed by atoms with E-state index < -0.39 is 0 Å². The lowest BCUT2D eigenvalue weighted by Crippen LogP contribution is -2.01. The second kappa shape index (κ2) is 7.31. The van der Waals surface area contributed by atoms with Crippen LogP contribution in [0.25, 0.3) is 0 Å². The van der Waals surface area contributed by atoms with Crippen LogP contribution in [0.5, 0.6) is 0 Å². The summed E-state index contributed by atoms with van der Waals surface area (Å²) in [4.78, 5) is 0. The van der Waals surface area contributed by atoms with Gasteiger partial charge in [-0.15, -0.1) is 18.3 Å². The molecule has 2 rings (SSSR count). The maximum Gasteiger partial charge on any atom is 0.195 e. The molecule has 0 fully saturated rings. The summed E-state index contributed by atoms with van der Waals surface area (Å²) < 4.78 is 2.56. The van der Waals surface area contributed by atoms with Gasteiger partial charge in [0.2, 0.25) is 0 Å². The molecule has 0 atom stereocenters. The number of nitrogens with zero attached hydrogens (tertiary/aromatic N) is 2. The third-order valence-corrected chi connectivity index (χ3v) is 4.68. The molecule has 0 spiro atoms. The SMILES string of the molecule is C=CCn1c(CSCc2ccc(Cl)c(Cl)c2)n[nH]c1=S. The van der Waals surface area contributed by atoms with E-state index in [9.17, 15) is 0 Å². The first-order chi connectivity index (χ1) is 9.61. The highest BCUT2D eigenvalue weighted by Crippen LogP contribution is 2.25. The summed E-state index contributed by atoms with van der Waals surface area (Å²) in [6, 6.07) is 5.67. The van der Waals surface area contributed by atoms with Crippen molar-refractivity contribution in [1.82, 2.24) is 14.8 Å². The summed E-state index contributed by atoms with van der Waals surface area (Å²) in [6.45, 7) is 4.39. The average Bonchev–Trinajstić information content (AvgIpc) is 2.76. The van der Waals surface area contributed by atoms with Crippen LogP contribution in [-0.4, -0.2) is 14.8 Å². The van der Waals surface area contributed by atoms with E-state index in [-0.39, 0.29) is 0 Å². The van der Waals surface area contributed by atoms with Gasteiger partial charge in [-0.05, 0) is 29.9 Å². The lowest BCUT2D eigenvalue weighted by Gasteiger charge is -2.05. The molecule has 106 valence electrons. The van der Waals surface area contributed by atoms with Gasteiger partial charge in [0.05, 0.1) is 15.8 Å². The number of benzene rings is 1. The van der Waals surface area contributed by atoms with E-state index >= 15 is 0 Å². The normalized spacial score (nSPS) is 10.7. The third-order valence-electron chi connectivity index (χ3n) is 2.63. The van der Waals surface area contributed by atoms with Crippen molar-refractivity contribution in [2.75, 3.05) is 0 Å². The highest BCUT2D eigenvalue weighted by Gasteiger charge is 2.06. The van der Waals surface area contributed by atoms with E-state index in [1.165, 1.54) is 0 Å². The van der Waals surface area contributed by atoms with Gasteiger partial charge >= 0.3 is 0 Å². The van der Waals surface area contributed by atoms with Crippen molar-refractivity contribution >= 4 is 47.2 Å². The summed E-state index contributed by atoms with van der Waals surface area (Å²) >= 11 is 18.8. The Bertz CT molecular complexity index is 664. The molecule has 0 saturated carbocycles. The molecule has 0 aliphatic rings. The number of hydrogen-bond donors (Lipinski definition) is 1. The second-order valence-corrected chi connectivity index (χ2v) is 6.27. The molecule has 3 nitrogen and oxygen atoms in total. The molecule has 0 aliphatic heterocycles. The summed E-state index contributed by atoms with van der Waals surface area (Å²) in [5.41, 5.74) is 1.13. The van der Waals surface area contributed by atoms with Gasteiger partial charge < -0.3 is 0 Å². The van der Waals surface area contributed by atoms with Gasteiger partial charge in [-0.2, -0.15) is 5.10 Å². The molecule has 1 aromatic heterocycles. The van der Waals surface area contributed by atoms with Crippen molar-refractivity contribution in [3.8, 4) is 0 Å². The van der Waals surface area contributed by atoms with Gasteiger partial charge in [-0.25, -0.2) is 0 Å². The molecule has 0 unspecified atom stereocenters. The van der Waals surface area contributed by atoms with Gasteiger partial charge in [0, 0.05) is 12.3 Å². The van der Waals surface area contributed by atoms with E-state index in [1.54, 1.807) is 17.8 Å². The number of hydrogen-bond acceptors (Lipinski definition) is 3. The molecular formula is C13H13Cl2N3S2. The molecule has 1 aromatic carbocycles. The number of nitrogens with one attached hydrogen (secondary N) is 1. The maximum atomic E-state index is 5.99. The minimum absolute atomic E-state index is 0.576. The van der Waals surface area contributed by atoms with E-state index in [2.05, 4.69) is 16.8 Å². The summed E-state index contributed by atoms with van der Waals surface area (Å²) in [7, 11) is 0. The molecule has 7 heteroatoms. The number of aromatic nitrogens is 3. The number of thioether (sulfide) groups is 1. The van der Waals surface area contributed by atoms with Crippen molar-refractivity contribution in [2.45, 2.75) is 18.1 Å². The van der Waals surface area contributed by atoms with Crippen molar-refractivity contribution in [3.63, 3.8) is 0 Å². The summed E-state index contributed by atoms with van der Waals surface area (Å²) in [5.74, 6) is 2.52. The lowest BCUT2D eigenvalue weighted by molar-refractivity contribution is 0.766. The molecule has 0 radical (unpaired) electrons. The summed E-state index contributed by atoms with van der Waals surface area (Å²) in [5, 5.41) is 8.19. The summed E-state index contributed by atoms with van der Waals surface area (Å²) in [6.07, 6.45) is 1.80. The number of rotatable bonds is 6. The molecule has 1 heterocycles. The van der Waals surface area contributed by atoms with E-state index in [0.29, 0.717) is 21.4 Å². The first-order valence-corrected chi connectivity index (χ1v) is 8.20. The quantitative estimate of drug-likeness (QED) is 0.599. The van der Waals surface area contributed by atoms with Gasteiger partial charge in [0.1, 0.15) is 5.82 Å². The largest absolute Gasteiger partial charge is 0.300 e. The molecule has 1 N–H and O–H groups in total. The zero-order valence-corrected chi connectivity index (χ0v) is 13.7. The Labute approximate surface area is 137 Å². The Morgan fingerprint density at radius 1 is 1.35 bits per heavy atom. The fourth-order valence-electron chi connectivity index (χ4n) is 1.67. The minimum atomic E-state index is 0.576. The molecule has 2 aromatic rings. The standard InChI is InChI=1S/C13H13Cl2N3S2/c1-2-5-18-12(16-17-13(18)19)8-20-7-9-3-4-10(14)11(15)6-9/h2-4,6H,1,5,7-8H2,(H,17,19). The number of H-pyrrole nitrogens is 1. The van der Waals surface area contributed by atoms with Crippen LogP contribution in [0, 0.1) is 4.77 Å². The Morgan fingerprint density at radius 2 is 2.15 bits per heavy atom. The van der Waals surface area contributed by atoms with Crippen LogP contribution in [0.2, 0.25) is 10.0 Å². The van der Waals surface area contributed by atoms with Gasteiger partial charge in [0.15, 0.2) is 4.77 Å². The second-order valence-electron chi connectivity index (χ2n) is 4.09. The van der Waals surface area contributed by atoms with Crippen molar-refractivity contribution in [2.24, 2.45) is 0 Å². The predicted octanol–water partition coefficient (Wildman–Crippen LogP) is 4.87. The van der Waals surface area contributed by atoms with Crippen molar-refractivity contribution < 1.29 is 0 Å². The van der Waals surface area contributed by atoms with Gasteiger partial charge in [-0.1, -0.05) is 35.3 Å². The molecule has 0 saturated heterocycles. The first kappa shape index (κ1) is 15.6. The number of aromatic amines is 1. The number of halogens is 2. The van der Waals surface area contributed by atoms with Crippen molar-refractivity contribution in [3.05, 3.63) is 57.1 Å². The highest BCUT2D eigenvalue weighted by molar-refractivity contribution is 7.97. The van der Waals surface area contributed by atoms with Crippen LogP contribution in [0.3, 0.4) is 0 Å². The Morgan fingerprint density at radius 3 is 2.85 bits per heavy atom. The van der Waals surface area contributed by atoms with Crippen LogP contribution < -0.4 is 0 Å². The molecule has 0 aliphatic carbocycles. The molecular weight excluding hydrogens is 333 g/mol. The third kappa shape index (κ3) is 3.88. The Kier molecular flexibility index (Phi) is 5.72. The predicted molar refractivity (Wildman–Crippen MR) is 89.1 cm³/mol. The van der Waals surface area contributed by atoms with Crippen LogP contribution >= 0.6 is 47.2 Å². The van der Waals surface area contributed by atoms with Crippen LogP contribution in [0.15, 0.2) is 30.9 Å². The monoisotopic (exact) mass is 345 g/mol. The van der Waals surface area contributed by atoms with Gasteiger partial charge in [-0.3, -0.25) is 9.67 Å². The molecule has 0 bridgehead atoms.